The maximum Gasteiger partial charge on any atom is 0.346 e. The molecule has 1 heterocycles. The zero-order valence-electron chi connectivity index (χ0n) is 9.30. The van der Waals surface area contributed by atoms with Gasteiger partial charge in [-0.15, -0.1) is 11.3 Å². The summed E-state index contributed by atoms with van der Waals surface area (Å²) in [6.07, 6.45) is -0.801. The van der Waals surface area contributed by atoms with Crippen LogP contribution in [0.1, 0.15) is 22.2 Å². The average Bonchev–Trinajstić information content (AvgIpc) is 2.58. The van der Waals surface area contributed by atoms with Crippen LogP contribution in [-0.4, -0.2) is 37.2 Å². The monoisotopic (exact) mass is 279 g/mol. The Balaban J connectivity index is 3.00. The van der Waals surface area contributed by atoms with E-state index in [1.165, 1.54) is 19.9 Å². The molecule has 0 spiro atoms. The topological polar surface area (TPSA) is 104 Å². The number of carboxylic acid groups (broad SMARTS) is 1. The number of carbonyl (C=O) groups is 1. The fourth-order valence-electron chi connectivity index (χ4n) is 1.10. The Bertz CT molecular complexity index is 517. The number of rotatable bonds is 5. The molecule has 0 aliphatic rings. The first-order valence-electron chi connectivity index (χ1n) is 4.75. The summed E-state index contributed by atoms with van der Waals surface area (Å²) in [5.74, 6) is -1.15. The summed E-state index contributed by atoms with van der Waals surface area (Å²) in [5.41, 5.74) is 0.403. The van der Waals surface area contributed by atoms with Gasteiger partial charge in [0.15, 0.2) is 0 Å². The molecule has 0 aromatic carbocycles. The van der Waals surface area contributed by atoms with Gasteiger partial charge >= 0.3 is 5.97 Å². The van der Waals surface area contributed by atoms with E-state index in [9.17, 15) is 13.2 Å². The average molecular weight is 279 g/mol. The minimum Gasteiger partial charge on any atom is -0.477 e. The molecule has 0 saturated carbocycles. The first-order chi connectivity index (χ1) is 7.74. The van der Waals surface area contributed by atoms with Gasteiger partial charge in [-0.25, -0.2) is 17.9 Å². The van der Waals surface area contributed by atoms with Crippen LogP contribution in [0.3, 0.4) is 0 Å². The lowest BCUT2D eigenvalue weighted by atomic mass is 10.3. The van der Waals surface area contributed by atoms with Crippen molar-refractivity contribution in [1.29, 1.82) is 0 Å². The number of carboxylic acids is 1. The van der Waals surface area contributed by atoms with Gasteiger partial charge < -0.3 is 10.2 Å². The summed E-state index contributed by atoms with van der Waals surface area (Å²) in [5, 5.41) is 17.8. The van der Waals surface area contributed by atoms with E-state index >= 15 is 0 Å². The van der Waals surface area contributed by atoms with Gasteiger partial charge in [0.25, 0.3) is 0 Å². The van der Waals surface area contributed by atoms with Crippen molar-refractivity contribution in [3.63, 3.8) is 0 Å². The highest BCUT2D eigenvalue weighted by atomic mass is 32.2. The Morgan fingerprint density at radius 3 is 2.59 bits per heavy atom. The number of aromatic carboxylic acids is 1. The standard InChI is InChI=1S/C9H13NO5S2/c1-5-3-7(16-8(5)9(12)13)17(14,15)10-4-6(2)11/h3,6,10-11H,4H2,1-2H3,(H,12,13). The number of hydrogen-bond donors (Lipinski definition) is 3. The summed E-state index contributed by atoms with van der Waals surface area (Å²) >= 11 is 0.695. The first kappa shape index (κ1) is 14.1. The van der Waals surface area contributed by atoms with Crippen LogP contribution in [0.5, 0.6) is 0 Å². The van der Waals surface area contributed by atoms with Crippen LogP contribution >= 0.6 is 11.3 Å². The number of sulfonamides is 1. The molecule has 96 valence electrons. The first-order valence-corrected chi connectivity index (χ1v) is 7.05. The van der Waals surface area contributed by atoms with E-state index < -0.39 is 22.1 Å². The van der Waals surface area contributed by atoms with E-state index in [0.29, 0.717) is 16.9 Å². The molecule has 1 unspecified atom stereocenters. The highest BCUT2D eigenvalue weighted by Crippen LogP contribution is 2.25. The zero-order chi connectivity index (χ0) is 13.2. The SMILES string of the molecule is Cc1cc(S(=O)(=O)NCC(C)O)sc1C(=O)O. The summed E-state index contributed by atoms with van der Waals surface area (Å²) in [4.78, 5) is 10.8. The molecule has 0 aliphatic carbocycles. The minimum absolute atomic E-state index is 0.00224. The fourth-order valence-corrected chi connectivity index (χ4v) is 3.64. The van der Waals surface area contributed by atoms with E-state index in [1.54, 1.807) is 0 Å². The molecule has 0 amide bonds. The molecular formula is C9H13NO5S2. The summed E-state index contributed by atoms with van der Waals surface area (Å²) in [6.45, 7) is 2.88. The van der Waals surface area contributed by atoms with Gasteiger partial charge in [0, 0.05) is 6.54 Å². The summed E-state index contributed by atoms with van der Waals surface area (Å²) in [7, 11) is -3.75. The second-order valence-electron chi connectivity index (χ2n) is 3.58. The molecule has 0 aliphatic heterocycles. The van der Waals surface area contributed by atoms with Crippen LogP contribution in [-0.2, 0) is 10.0 Å². The van der Waals surface area contributed by atoms with Crippen LogP contribution in [0.2, 0.25) is 0 Å². The van der Waals surface area contributed by atoms with Crippen molar-refractivity contribution in [2.75, 3.05) is 6.54 Å². The normalized spacial score (nSPS) is 13.6. The number of hydrogen-bond acceptors (Lipinski definition) is 5. The number of nitrogens with one attached hydrogen (secondary N) is 1. The quantitative estimate of drug-likeness (QED) is 0.724. The Morgan fingerprint density at radius 2 is 2.18 bits per heavy atom. The summed E-state index contributed by atoms with van der Waals surface area (Å²) in [6, 6.07) is 1.30. The Hall–Kier alpha value is -0.960. The molecule has 0 radical (unpaired) electrons. The van der Waals surface area contributed by atoms with Gasteiger partial charge in [-0.05, 0) is 25.5 Å². The van der Waals surface area contributed by atoms with Crippen molar-refractivity contribution in [1.82, 2.24) is 4.72 Å². The van der Waals surface area contributed by atoms with Crippen molar-refractivity contribution in [2.24, 2.45) is 0 Å². The van der Waals surface area contributed by atoms with Gasteiger partial charge in [-0.3, -0.25) is 0 Å². The number of aryl methyl sites for hydroxylation is 1. The predicted octanol–water partition coefficient (Wildman–Crippen LogP) is 0.414. The molecule has 8 heteroatoms. The van der Waals surface area contributed by atoms with Crippen LogP contribution in [0.25, 0.3) is 0 Å². The smallest absolute Gasteiger partial charge is 0.346 e. The third kappa shape index (κ3) is 3.50. The van der Waals surface area contributed by atoms with Gasteiger partial charge in [0.1, 0.15) is 9.09 Å². The molecule has 1 atom stereocenters. The van der Waals surface area contributed by atoms with Crippen LogP contribution in [0.4, 0.5) is 0 Å². The van der Waals surface area contributed by atoms with Gasteiger partial charge in [0.2, 0.25) is 10.0 Å². The molecule has 0 saturated heterocycles. The maximum atomic E-state index is 11.7. The van der Waals surface area contributed by atoms with E-state index in [4.69, 9.17) is 10.2 Å². The third-order valence-electron chi connectivity index (χ3n) is 1.92. The van der Waals surface area contributed by atoms with Crippen LogP contribution < -0.4 is 4.72 Å². The lowest BCUT2D eigenvalue weighted by Gasteiger charge is -2.05. The van der Waals surface area contributed by atoms with Gasteiger partial charge in [-0.2, -0.15) is 0 Å². The zero-order valence-corrected chi connectivity index (χ0v) is 10.9. The predicted molar refractivity (Wildman–Crippen MR) is 62.9 cm³/mol. The number of aliphatic hydroxyl groups is 1. The fraction of sp³-hybridized carbons (Fsp3) is 0.444. The van der Waals surface area contributed by atoms with Crippen molar-refractivity contribution in [3.05, 3.63) is 16.5 Å². The molecular weight excluding hydrogens is 266 g/mol. The maximum absolute atomic E-state index is 11.7. The number of thiophene rings is 1. The van der Waals surface area contributed by atoms with E-state index in [0.717, 1.165) is 0 Å². The third-order valence-corrected chi connectivity index (χ3v) is 5.05. The van der Waals surface area contributed by atoms with E-state index in [1.807, 2.05) is 0 Å². The molecule has 0 bridgehead atoms. The molecule has 6 nitrogen and oxygen atoms in total. The van der Waals surface area contributed by atoms with Crippen LogP contribution in [0.15, 0.2) is 10.3 Å². The molecule has 0 fully saturated rings. The molecule has 3 N–H and O–H groups in total. The lowest BCUT2D eigenvalue weighted by molar-refractivity contribution is 0.0701. The highest BCUT2D eigenvalue weighted by molar-refractivity contribution is 7.91. The van der Waals surface area contributed by atoms with Crippen molar-refractivity contribution in [2.45, 2.75) is 24.2 Å². The van der Waals surface area contributed by atoms with Crippen molar-refractivity contribution < 1.29 is 23.4 Å². The van der Waals surface area contributed by atoms with Gasteiger partial charge in [0.05, 0.1) is 6.10 Å². The van der Waals surface area contributed by atoms with E-state index in [2.05, 4.69) is 4.72 Å². The largest absolute Gasteiger partial charge is 0.477 e. The Morgan fingerprint density at radius 1 is 1.59 bits per heavy atom. The number of aliphatic hydroxyl groups excluding tert-OH is 1. The Kier molecular flexibility index (Phi) is 4.26. The molecule has 1 aromatic rings. The van der Waals surface area contributed by atoms with E-state index in [-0.39, 0.29) is 15.6 Å². The second kappa shape index (κ2) is 5.13. The summed E-state index contributed by atoms with van der Waals surface area (Å²) < 4.78 is 25.6. The van der Waals surface area contributed by atoms with Crippen LogP contribution in [0, 0.1) is 6.92 Å². The molecule has 17 heavy (non-hydrogen) atoms. The second-order valence-corrected chi connectivity index (χ2v) is 6.63. The Labute approximate surface area is 103 Å². The van der Waals surface area contributed by atoms with Gasteiger partial charge in [-0.1, -0.05) is 0 Å². The molecule has 1 aromatic heterocycles. The highest BCUT2D eigenvalue weighted by Gasteiger charge is 2.21. The lowest BCUT2D eigenvalue weighted by Crippen LogP contribution is -2.30. The minimum atomic E-state index is -3.75. The van der Waals surface area contributed by atoms with Crippen molar-refractivity contribution in [3.8, 4) is 0 Å². The molecule has 1 rings (SSSR count). The van der Waals surface area contributed by atoms with Crippen molar-refractivity contribution >= 4 is 27.3 Å².